The van der Waals surface area contributed by atoms with E-state index >= 15 is 0 Å². The van der Waals surface area contributed by atoms with Gasteiger partial charge in [-0.05, 0) is 120 Å². The second-order valence-electron chi connectivity index (χ2n) is 16.1. The van der Waals surface area contributed by atoms with Crippen molar-refractivity contribution in [2.75, 3.05) is 4.90 Å². The second kappa shape index (κ2) is 14.8. The molecule has 0 aliphatic carbocycles. The lowest BCUT2D eigenvalue weighted by Crippen LogP contribution is -2.09. The fraction of sp³-hybridized carbons (Fsp3) is 0. The molecule has 2 heteroatoms. The van der Waals surface area contributed by atoms with Gasteiger partial charge in [0.1, 0.15) is 11.2 Å². The van der Waals surface area contributed by atoms with Crippen LogP contribution in [-0.4, -0.2) is 0 Å². The van der Waals surface area contributed by atoms with Crippen LogP contribution in [0.1, 0.15) is 0 Å². The predicted octanol–water partition coefficient (Wildman–Crippen LogP) is 17.2. The van der Waals surface area contributed by atoms with E-state index < -0.39 is 0 Å². The van der Waals surface area contributed by atoms with Crippen molar-refractivity contribution in [1.29, 1.82) is 0 Å². The van der Waals surface area contributed by atoms with Gasteiger partial charge in [0.2, 0.25) is 0 Å². The first kappa shape index (κ1) is 35.7. The highest BCUT2D eigenvalue weighted by Gasteiger charge is 2.21. The molecule has 290 valence electrons. The van der Waals surface area contributed by atoms with Gasteiger partial charge in [0.05, 0.1) is 0 Å². The molecule has 0 atom stereocenters. The zero-order chi connectivity index (χ0) is 41.0. The van der Waals surface area contributed by atoms with Crippen molar-refractivity contribution in [3.8, 4) is 44.5 Å². The van der Waals surface area contributed by atoms with Crippen molar-refractivity contribution < 1.29 is 4.42 Å². The Balaban J connectivity index is 1.04. The van der Waals surface area contributed by atoms with Crippen LogP contribution in [0.5, 0.6) is 0 Å². The third kappa shape index (κ3) is 6.12. The van der Waals surface area contributed by atoms with Crippen molar-refractivity contribution in [1.82, 2.24) is 0 Å². The van der Waals surface area contributed by atoms with Gasteiger partial charge >= 0.3 is 0 Å². The van der Waals surface area contributed by atoms with Gasteiger partial charge in [-0.15, -0.1) is 0 Å². The molecule has 0 saturated carbocycles. The Morgan fingerprint density at radius 3 is 1.31 bits per heavy atom. The van der Waals surface area contributed by atoms with Crippen LogP contribution >= 0.6 is 0 Å². The maximum Gasteiger partial charge on any atom is 0.143 e. The molecule has 0 amide bonds. The van der Waals surface area contributed by atoms with Crippen molar-refractivity contribution in [2.45, 2.75) is 0 Å². The molecule has 0 aliphatic heterocycles. The molecular formula is C60H39NO. The molecule has 0 aliphatic rings. The Bertz CT molecular complexity index is 3510. The maximum absolute atomic E-state index is 7.12. The second-order valence-corrected chi connectivity index (χ2v) is 16.1. The quantitative estimate of drug-likeness (QED) is 0.150. The number of benzene rings is 11. The lowest BCUT2D eigenvalue weighted by molar-refractivity contribution is 0.674. The van der Waals surface area contributed by atoms with Crippen molar-refractivity contribution in [2.24, 2.45) is 0 Å². The Kier molecular flexibility index (Phi) is 8.53. The highest BCUT2D eigenvalue weighted by molar-refractivity contribution is 6.31. The topological polar surface area (TPSA) is 16.4 Å². The number of hydrogen-bond acceptors (Lipinski definition) is 2. The first-order chi connectivity index (χ1) is 30.7. The van der Waals surface area contributed by atoms with Crippen LogP contribution in [0, 0.1) is 0 Å². The molecule has 0 N–H and O–H groups in total. The predicted molar refractivity (Wildman–Crippen MR) is 263 cm³/mol. The number of rotatable bonds is 7. The summed E-state index contributed by atoms with van der Waals surface area (Å²) in [5.41, 5.74) is 14.3. The molecule has 0 fully saturated rings. The average Bonchev–Trinajstić information content (AvgIpc) is 3.75. The van der Waals surface area contributed by atoms with Crippen LogP contribution in [0.3, 0.4) is 0 Å². The van der Waals surface area contributed by atoms with E-state index in [9.17, 15) is 0 Å². The van der Waals surface area contributed by atoms with E-state index in [-0.39, 0.29) is 0 Å². The first-order valence-corrected chi connectivity index (χ1v) is 21.2. The van der Waals surface area contributed by atoms with Crippen LogP contribution in [-0.2, 0) is 0 Å². The summed E-state index contributed by atoms with van der Waals surface area (Å²) in [6.45, 7) is 0. The molecule has 0 radical (unpaired) electrons. The Morgan fingerprint density at radius 1 is 0.258 bits per heavy atom. The zero-order valence-corrected chi connectivity index (χ0v) is 33.9. The fourth-order valence-electron chi connectivity index (χ4n) is 9.36. The van der Waals surface area contributed by atoms with Gasteiger partial charge in [-0.1, -0.05) is 182 Å². The maximum atomic E-state index is 7.12. The van der Waals surface area contributed by atoms with E-state index in [0.29, 0.717) is 0 Å². The highest BCUT2D eigenvalue weighted by Crippen LogP contribution is 2.46. The number of anilines is 3. The van der Waals surface area contributed by atoms with Crippen LogP contribution in [0.4, 0.5) is 17.1 Å². The van der Waals surface area contributed by atoms with E-state index in [0.717, 1.165) is 61.1 Å². The van der Waals surface area contributed by atoms with Crippen molar-refractivity contribution in [3.05, 3.63) is 237 Å². The standard InChI is InChI=1S/C60H39NO/c1-3-13-40(14-4-1)43-25-31-49(32-26-43)61(50-33-27-44(28-34-50)41-15-5-2-6-16-41)51-35-29-45(30-36-51)56-38-48(47-24-23-42-17-7-8-18-46(42)37-47)39-57-58-54-21-11-9-19-52(54)53-20-10-12-22-55(53)60(58)62-59(56)57/h1-39H. The minimum Gasteiger partial charge on any atom is -0.455 e. The van der Waals surface area contributed by atoms with Crippen molar-refractivity contribution in [3.63, 3.8) is 0 Å². The molecule has 1 aromatic heterocycles. The van der Waals surface area contributed by atoms with Gasteiger partial charge < -0.3 is 9.32 Å². The summed E-state index contributed by atoms with van der Waals surface area (Å²) in [7, 11) is 0. The summed E-state index contributed by atoms with van der Waals surface area (Å²) in [6.07, 6.45) is 0. The number of fused-ring (bicyclic) bond motifs is 9. The molecule has 12 aromatic rings. The van der Waals surface area contributed by atoms with Crippen LogP contribution in [0.15, 0.2) is 241 Å². The van der Waals surface area contributed by atoms with Gasteiger partial charge in [-0.2, -0.15) is 0 Å². The zero-order valence-electron chi connectivity index (χ0n) is 33.9. The first-order valence-electron chi connectivity index (χ1n) is 21.2. The van der Waals surface area contributed by atoms with E-state index in [4.69, 9.17) is 4.42 Å². The molecule has 11 aromatic carbocycles. The Morgan fingerprint density at radius 2 is 0.710 bits per heavy atom. The molecule has 12 rings (SSSR count). The Hall–Kier alpha value is -8.20. The molecule has 0 bridgehead atoms. The average molecular weight is 790 g/mol. The number of nitrogens with zero attached hydrogens (tertiary/aromatic N) is 1. The summed E-state index contributed by atoms with van der Waals surface area (Å²) < 4.78 is 7.12. The molecular weight excluding hydrogens is 751 g/mol. The summed E-state index contributed by atoms with van der Waals surface area (Å²) in [4.78, 5) is 2.34. The fourth-order valence-corrected chi connectivity index (χ4v) is 9.36. The van der Waals surface area contributed by atoms with Crippen LogP contribution < -0.4 is 4.90 Å². The Labute approximate surface area is 360 Å². The third-order valence-corrected chi connectivity index (χ3v) is 12.4. The highest BCUT2D eigenvalue weighted by atomic mass is 16.3. The van der Waals surface area contributed by atoms with E-state index in [2.05, 4.69) is 241 Å². The van der Waals surface area contributed by atoms with E-state index in [1.165, 1.54) is 54.7 Å². The molecule has 0 unspecified atom stereocenters. The summed E-state index contributed by atoms with van der Waals surface area (Å²) >= 11 is 0. The van der Waals surface area contributed by atoms with Gasteiger partial charge in [0, 0.05) is 38.8 Å². The largest absolute Gasteiger partial charge is 0.455 e. The van der Waals surface area contributed by atoms with Crippen molar-refractivity contribution >= 4 is 71.3 Å². The monoisotopic (exact) mass is 789 g/mol. The number of hydrogen-bond donors (Lipinski definition) is 0. The summed E-state index contributed by atoms with van der Waals surface area (Å²) in [5, 5.41) is 9.47. The molecule has 0 saturated heterocycles. The SMILES string of the molecule is c1ccc(-c2ccc(N(c3ccc(-c4ccccc4)cc3)c3ccc(-c4cc(-c5ccc6ccccc6c5)cc5c4oc4c6ccccc6c6ccccc6c54)cc3)cc2)cc1. The van der Waals surface area contributed by atoms with Gasteiger partial charge in [-0.3, -0.25) is 0 Å². The van der Waals surface area contributed by atoms with Gasteiger partial charge in [-0.25, -0.2) is 0 Å². The molecule has 1 heterocycles. The number of furan rings is 1. The van der Waals surface area contributed by atoms with Gasteiger partial charge in [0.25, 0.3) is 0 Å². The van der Waals surface area contributed by atoms with Crippen LogP contribution in [0.25, 0.3) is 98.8 Å². The lowest BCUT2D eigenvalue weighted by Gasteiger charge is -2.26. The summed E-state index contributed by atoms with van der Waals surface area (Å²) in [6, 6.07) is 85.3. The van der Waals surface area contributed by atoms with E-state index in [1.807, 2.05) is 0 Å². The minimum atomic E-state index is 0.892. The van der Waals surface area contributed by atoms with E-state index in [1.54, 1.807) is 0 Å². The molecule has 62 heavy (non-hydrogen) atoms. The third-order valence-electron chi connectivity index (χ3n) is 12.4. The lowest BCUT2D eigenvalue weighted by atomic mass is 9.92. The molecule has 0 spiro atoms. The molecule has 2 nitrogen and oxygen atoms in total. The summed E-state index contributed by atoms with van der Waals surface area (Å²) in [5.74, 6) is 0. The minimum absolute atomic E-state index is 0.892. The normalized spacial score (nSPS) is 11.5. The van der Waals surface area contributed by atoms with Crippen LogP contribution in [0.2, 0.25) is 0 Å². The smallest absolute Gasteiger partial charge is 0.143 e. The van der Waals surface area contributed by atoms with Gasteiger partial charge in [0.15, 0.2) is 0 Å².